The van der Waals surface area contributed by atoms with Crippen LogP contribution in [0.1, 0.15) is 62.3 Å². The van der Waals surface area contributed by atoms with Crippen LogP contribution in [0, 0.1) is 0 Å². The van der Waals surface area contributed by atoms with Gasteiger partial charge in [0.25, 0.3) is 0 Å². The lowest BCUT2D eigenvalue weighted by Gasteiger charge is -2.17. The van der Waals surface area contributed by atoms with Gasteiger partial charge in [-0.15, -0.1) is 0 Å². The maximum Gasteiger partial charge on any atom is 0.197 e. The van der Waals surface area contributed by atoms with Crippen molar-refractivity contribution in [1.29, 1.82) is 0 Å². The molecule has 1 heterocycles. The van der Waals surface area contributed by atoms with Crippen molar-refractivity contribution in [3.63, 3.8) is 0 Å². The predicted octanol–water partition coefficient (Wildman–Crippen LogP) is 2.79. The molecule has 1 saturated carbocycles. The number of aryl methyl sites for hydroxylation is 1. The molecule has 1 aliphatic carbocycles. The third-order valence-corrected chi connectivity index (χ3v) is 3.46. The Labute approximate surface area is 97.4 Å². The van der Waals surface area contributed by atoms with Gasteiger partial charge in [-0.2, -0.15) is 0 Å². The highest BCUT2D eigenvalue weighted by Gasteiger charge is 2.22. The smallest absolute Gasteiger partial charge is 0.197 e. The summed E-state index contributed by atoms with van der Waals surface area (Å²) in [7, 11) is 0. The van der Waals surface area contributed by atoms with Gasteiger partial charge >= 0.3 is 0 Å². The van der Waals surface area contributed by atoms with Crippen molar-refractivity contribution in [2.24, 2.45) is 5.73 Å². The largest absolute Gasteiger partial charge is 0.445 e. The Kier molecular flexibility index (Phi) is 3.99. The van der Waals surface area contributed by atoms with Gasteiger partial charge in [0.2, 0.25) is 0 Å². The molecule has 0 aromatic carbocycles. The molecule has 0 unspecified atom stereocenters. The summed E-state index contributed by atoms with van der Waals surface area (Å²) in [4.78, 5) is 4.65. The Morgan fingerprint density at radius 2 is 2.06 bits per heavy atom. The van der Waals surface area contributed by atoms with Crippen molar-refractivity contribution >= 4 is 0 Å². The number of nitrogens with zero attached hydrogens (tertiary/aromatic N) is 1. The highest BCUT2D eigenvalue weighted by molar-refractivity contribution is 5.12. The standard InChI is InChI=1S/C13H22N2O/c1-2-11-12(8-9-14)16-13(15-11)10-6-4-3-5-7-10/h10H,2-9,14H2,1H3. The second-order valence-corrected chi connectivity index (χ2v) is 4.65. The van der Waals surface area contributed by atoms with E-state index in [4.69, 9.17) is 10.2 Å². The first-order valence-electron chi connectivity index (χ1n) is 6.53. The summed E-state index contributed by atoms with van der Waals surface area (Å²) in [6, 6.07) is 0. The molecule has 0 amide bonds. The summed E-state index contributed by atoms with van der Waals surface area (Å²) in [6.45, 7) is 2.77. The van der Waals surface area contributed by atoms with E-state index in [1.54, 1.807) is 0 Å². The van der Waals surface area contributed by atoms with Crippen LogP contribution in [-0.2, 0) is 12.8 Å². The van der Waals surface area contributed by atoms with Crippen molar-refractivity contribution in [2.75, 3.05) is 6.54 Å². The molecule has 16 heavy (non-hydrogen) atoms. The van der Waals surface area contributed by atoms with Gasteiger partial charge in [0.05, 0.1) is 5.69 Å². The van der Waals surface area contributed by atoms with Crippen LogP contribution in [0.3, 0.4) is 0 Å². The number of hydrogen-bond donors (Lipinski definition) is 1. The van der Waals surface area contributed by atoms with Crippen molar-refractivity contribution in [3.8, 4) is 0 Å². The molecule has 1 fully saturated rings. The normalized spacial score (nSPS) is 17.9. The highest BCUT2D eigenvalue weighted by atomic mass is 16.4. The first-order valence-corrected chi connectivity index (χ1v) is 6.53. The van der Waals surface area contributed by atoms with Gasteiger partial charge < -0.3 is 10.2 Å². The highest BCUT2D eigenvalue weighted by Crippen LogP contribution is 2.33. The fourth-order valence-corrected chi connectivity index (χ4v) is 2.53. The predicted molar refractivity (Wildman–Crippen MR) is 64.5 cm³/mol. The maximum absolute atomic E-state index is 5.89. The minimum atomic E-state index is 0.561. The van der Waals surface area contributed by atoms with Gasteiger partial charge in [-0.05, 0) is 25.8 Å². The van der Waals surface area contributed by atoms with Crippen LogP contribution in [0.2, 0.25) is 0 Å². The third-order valence-electron chi connectivity index (χ3n) is 3.46. The first-order chi connectivity index (χ1) is 7.85. The average Bonchev–Trinajstić information content (AvgIpc) is 2.74. The van der Waals surface area contributed by atoms with E-state index in [0.29, 0.717) is 12.5 Å². The van der Waals surface area contributed by atoms with E-state index in [1.807, 2.05) is 0 Å². The zero-order valence-electron chi connectivity index (χ0n) is 10.2. The van der Waals surface area contributed by atoms with Crippen LogP contribution in [0.15, 0.2) is 4.42 Å². The molecular formula is C13H22N2O. The molecule has 0 bridgehead atoms. The van der Waals surface area contributed by atoms with E-state index in [9.17, 15) is 0 Å². The Bertz CT molecular complexity index is 327. The van der Waals surface area contributed by atoms with Gasteiger partial charge in [0, 0.05) is 12.3 Å². The van der Waals surface area contributed by atoms with Crippen molar-refractivity contribution in [3.05, 3.63) is 17.3 Å². The summed E-state index contributed by atoms with van der Waals surface area (Å²) in [6.07, 6.45) is 8.26. The van der Waals surface area contributed by atoms with Gasteiger partial charge in [0.1, 0.15) is 5.76 Å². The number of nitrogens with two attached hydrogens (primary N) is 1. The van der Waals surface area contributed by atoms with E-state index in [1.165, 1.54) is 32.1 Å². The summed E-state index contributed by atoms with van der Waals surface area (Å²) in [5.41, 5.74) is 6.70. The van der Waals surface area contributed by atoms with Gasteiger partial charge in [-0.3, -0.25) is 0 Å². The molecule has 0 radical (unpaired) electrons. The Morgan fingerprint density at radius 3 is 2.69 bits per heavy atom. The Balaban J connectivity index is 2.14. The Morgan fingerprint density at radius 1 is 1.31 bits per heavy atom. The molecule has 1 aromatic rings. The molecular weight excluding hydrogens is 200 g/mol. The summed E-state index contributed by atoms with van der Waals surface area (Å²) in [5, 5.41) is 0. The fourth-order valence-electron chi connectivity index (χ4n) is 2.53. The molecule has 1 aliphatic rings. The van der Waals surface area contributed by atoms with Crippen molar-refractivity contribution in [1.82, 2.24) is 4.98 Å². The van der Waals surface area contributed by atoms with E-state index in [0.717, 1.165) is 30.2 Å². The van der Waals surface area contributed by atoms with Crippen LogP contribution in [-0.4, -0.2) is 11.5 Å². The van der Waals surface area contributed by atoms with Crippen LogP contribution >= 0.6 is 0 Å². The number of hydrogen-bond acceptors (Lipinski definition) is 3. The van der Waals surface area contributed by atoms with E-state index < -0.39 is 0 Å². The van der Waals surface area contributed by atoms with Crippen LogP contribution in [0.4, 0.5) is 0 Å². The summed E-state index contributed by atoms with van der Waals surface area (Å²) in [5.74, 6) is 2.55. The van der Waals surface area contributed by atoms with Crippen LogP contribution < -0.4 is 5.73 Å². The van der Waals surface area contributed by atoms with Gasteiger partial charge in [-0.1, -0.05) is 26.2 Å². The fraction of sp³-hybridized carbons (Fsp3) is 0.769. The third kappa shape index (κ3) is 2.46. The lowest BCUT2D eigenvalue weighted by atomic mass is 9.89. The molecule has 0 spiro atoms. The van der Waals surface area contributed by atoms with Crippen molar-refractivity contribution < 1.29 is 4.42 Å². The quantitative estimate of drug-likeness (QED) is 0.852. The van der Waals surface area contributed by atoms with E-state index in [-0.39, 0.29) is 0 Å². The summed E-state index contributed by atoms with van der Waals surface area (Å²) < 4.78 is 5.89. The zero-order valence-corrected chi connectivity index (χ0v) is 10.2. The molecule has 2 N–H and O–H groups in total. The lowest BCUT2D eigenvalue weighted by molar-refractivity contribution is 0.352. The number of rotatable bonds is 4. The number of oxazole rings is 1. The molecule has 0 aliphatic heterocycles. The second-order valence-electron chi connectivity index (χ2n) is 4.65. The summed E-state index contributed by atoms with van der Waals surface area (Å²) >= 11 is 0. The van der Waals surface area contributed by atoms with Crippen LogP contribution in [0.5, 0.6) is 0 Å². The average molecular weight is 222 g/mol. The molecule has 2 rings (SSSR count). The second kappa shape index (κ2) is 5.48. The lowest BCUT2D eigenvalue weighted by Crippen LogP contribution is -2.04. The molecule has 3 nitrogen and oxygen atoms in total. The van der Waals surface area contributed by atoms with Crippen molar-refractivity contribution in [2.45, 2.75) is 57.8 Å². The van der Waals surface area contributed by atoms with E-state index in [2.05, 4.69) is 11.9 Å². The van der Waals surface area contributed by atoms with Gasteiger partial charge in [0.15, 0.2) is 5.89 Å². The molecule has 0 atom stereocenters. The topological polar surface area (TPSA) is 52.0 Å². The maximum atomic E-state index is 5.89. The Hall–Kier alpha value is -0.830. The molecule has 3 heteroatoms. The molecule has 1 aromatic heterocycles. The van der Waals surface area contributed by atoms with Crippen LogP contribution in [0.25, 0.3) is 0 Å². The number of aromatic nitrogens is 1. The SMILES string of the molecule is CCc1nc(C2CCCCC2)oc1CCN. The molecule has 0 saturated heterocycles. The van der Waals surface area contributed by atoms with Gasteiger partial charge in [-0.25, -0.2) is 4.98 Å². The zero-order chi connectivity index (χ0) is 11.4. The first kappa shape index (κ1) is 11.6. The minimum Gasteiger partial charge on any atom is -0.445 e. The molecule has 90 valence electrons. The monoisotopic (exact) mass is 222 g/mol. The minimum absolute atomic E-state index is 0.561. The van der Waals surface area contributed by atoms with E-state index >= 15 is 0 Å².